The van der Waals surface area contributed by atoms with Crippen LogP contribution in [0.2, 0.25) is 0 Å². The average Bonchev–Trinajstić information content (AvgIpc) is 2.83. The monoisotopic (exact) mass is 473 g/mol. The van der Waals surface area contributed by atoms with Crippen molar-refractivity contribution in [1.29, 1.82) is 0 Å². The van der Waals surface area contributed by atoms with Crippen molar-refractivity contribution in [2.75, 3.05) is 12.9 Å². The fourth-order valence-corrected chi connectivity index (χ4v) is 4.21. The standard InChI is InChI=1S/C25H25F2NO4S/c1-32-22-11-7-18(8-12-22)17-5-9-20(10-6-17)25(26,27)15-19(24(30)31)14-21(29)16-33-23-4-2-3-13-28-23/h2-13,19,21,29H,14-16H2,1H3,(H,30,31). The minimum absolute atomic E-state index is 0.170. The van der Waals surface area contributed by atoms with E-state index in [1.165, 1.54) is 23.9 Å². The molecule has 0 aliphatic rings. The van der Waals surface area contributed by atoms with Crippen LogP contribution < -0.4 is 4.74 Å². The molecule has 1 heterocycles. The number of alkyl halides is 2. The number of hydrogen-bond acceptors (Lipinski definition) is 5. The molecule has 0 fully saturated rings. The highest BCUT2D eigenvalue weighted by molar-refractivity contribution is 7.99. The summed E-state index contributed by atoms with van der Waals surface area (Å²) in [5, 5.41) is 20.4. The van der Waals surface area contributed by atoms with Gasteiger partial charge in [0.1, 0.15) is 5.75 Å². The molecule has 2 aromatic carbocycles. The lowest BCUT2D eigenvalue weighted by molar-refractivity contribution is -0.147. The van der Waals surface area contributed by atoms with Crippen LogP contribution in [0.4, 0.5) is 8.78 Å². The van der Waals surface area contributed by atoms with Crippen LogP contribution in [0.25, 0.3) is 11.1 Å². The van der Waals surface area contributed by atoms with Gasteiger partial charge in [0.05, 0.1) is 24.2 Å². The molecule has 5 nitrogen and oxygen atoms in total. The molecular formula is C25H25F2NO4S. The predicted octanol–water partition coefficient (Wildman–Crippen LogP) is 5.48. The number of carboxylic acid groups (broad SMARTS) is 1. The lowest BCUT2D eigenvalue weighted by atomic mass is 9.91. The Kier molecular flexibility index (Phi) is 8.41. The van der Waals surface area contributed by atoms with Gasteiger partial charge in [-0.2, -0.15) is 0 Å². The molecule has 2 N–H and O–H groups in total. The van der Waals surface area contributed by atoms with E-state index in [1.54, 1.807) is 55.8 Å². The van der Waals surface area contributed by atoms with Crippen LogP contribution >= 0.6 is 11.8 Å². The molecule has 0 spiro atoms. The first-order chi connectivity index (χ1) is 15.8. The highest BCUT2D eigenvalue weighted by Crippen LogP contribution is 2.37. The Morgan fingerprint density at radius 3 is 2.24 bits per heavy atom. The van der Waals surface area contributed by atoms with E-state index in [0.29, 0.717) is 10.8 Å². The maximum Gasteiger partial charge on any atom is 0.306 e. The summed E-state index contributed by atoms with van der Waals surface area (Å²) in [6.45, 7) is 0. The molecule has 0 radical (unpaired) electrons. The highest BCUT2D eigenvalue weighted by atomic mass is 32.2. The Balaban J connectivity index is 1.63. The quantitative estimate of drug-likeness (QED) is 0.359. The van der Waals surface area contributed by atoms with Crippen LogP contribution in [0.3, 0.4) is 0 Å². The number of rotatable bonds is 11. The number of methoxy groups -OCH3 is 1. The van der Waals surface area contributed by atoms with Gasteiger partial charge in [0.25, 0.3) is 5.92 Å². The lowest BCUT2D eigenvalue weighted by Gasteiger charge is -2.23. The number of hydrogen-bond donors (Lipinski definition) is 2. The maximum atomic E-state index is 14.9. The van der Waals surface area contributed by atoms with Gasteiger partial charge >= 0.3 is 5.97 Å². The molecule has 0 aliphatic heterocycles. The number of thioether (sulfide) groups is 1. The van der Waals surface area contributed by atoms with Gasteiger partial charge in [-0.3, -0.25) is 4.79 Å². The van der Waals surface area contributed by atoms with Crippen LogP contribution in [-0.4, -0.2) is 40.1 Å². The van der Waals surface area contributed by atoms with Crippen LogP contribution in [-0.2, 0) is 10.7 Å². The number of pyridine rings is 1. The Hall–Kier alpha value is -2.97. The Morgan fingerprint density at radius 1 is 1.06 bits per heavy atom. The van der Waals surface area contributed by atoms with Gasteiger partial charge in [-0.25, -0.2) is 13.8 Å². The molecule has 2 atom stereocenters. The van der Waals surface area contributed by atoms with Crippen LogP contribution in [0.5, 0.6) is 5.75 Å². The molecule has 1 aromatic heterocycles. The van der Waals surface area contributed by atoms with E-state index in [-0.39, 0.29) is 17.7 Å². The SMILES string of the molecule is COc1ccc(-c2ccc(C(F)(F)CC(CC(O)CSc3ccccn3)C(=O)O)cc2)cc1. The summed E-state index contributed by atoms with van der Waals surface area (Å²) in [6, 6.07) is 18.3. The maximum absolute atomic E-state index is 14.9. The normalized spacial score (nSPS) is 13.3. The molecule has 0 saturated carbocycles. The lowest BCUT2D eigenvalue weighted by Crippen LogP contribution is -2.28. The summed E-state index contributed by atoms with van der Waals surface area (Å²) < 4.78 is 35.0. The molecule has 174 valence electrons. The summed E-state index contributed by atoms with van der Waals surface area (Å²) in [7, 11) is 1.56. The van der Waals surface area contributed by atoms with Crippen molar-refractivity contribution in [3.05, 3.63) is 78.5 Å². The number of nitrogens with zero attached hydrogens (tertiary/aromatic N) is 1. The molecule has 0 bridgehead atoms. The Morgan fingerprint density at radius 2 is 1.70 bits per heavy atom. The molecule has 33 heavy (non-hydrogen) atoms. The summed E-state index contributed by atoms with van der Waals surface area (Å²) in [5.41, 5.74) is 1.35. The fourth-order valence-electron chi connectivity index (χ4n) is 3.40. The van der Waals surface area contributed by atoms with E-state index in [4.69, 9.17) is 4.74 Å². The van der Waals surface area contributed by atoms with Crippen LogP contribution in [0.15, 0.2) is 78.0 Å². The zero-order valence-corrected chi connectivity index (χ0v) is 18.8. The number of carbonyl (C=O) groups is 1. The molecule has 8 heteroatoms. The minimum Gasteiger partial charge on any atom is -0.497 e. The van der Waals surface area contributed by atoms with Gasteiger partial charge in [-0.1, -0.05) is 42.5 Å². The second-order valence-corrected chi connectivity index (χ2v) is 8.66. The van der Waals surface area contributed by atoms with Crippen molar-refractivity contribution in [1.82, 2.24) is 4.98 Å². The largest absolute Gasteiger partial charge is 0.497 e. The number of aliphatic carboxylic acids is 1. The van der Waals surface area contributed by atoms with Crippen LogP contribution in [0, 0.1) is 5.92 Å². The first-order valence-electron chi connectivity index (χ1n) is 10.4. The van der Waals surface area contributed by atoms with E-state index in [2.05, 4.69) is 4.98 Å². The first kappa shape index (κ1) is 24.7. The Bertz CT molecular complexity index is 1030. The molecular weight excluding hydrogens is 448 g/mol. The highest BCUT2D eigenvalue weighted by Gasteiger charge is 2.38. The van der Waals surface area contributed by atoms with Gasteiger partial charge in [0.15, 0.2) is 0 Å². The van der Waals surface area contributed by atoms with Gasteiger partial charge in [0, 0.05) is 23.9 Å². The second-order valence-electron chi connectivity index (χ2n) is 7.62. The predicted molar refractivity (Wildman–Crippen MR) is 124 cm³/mol. The zero-order chi connectivity index (χ0) is 23.8. The molecule has 0 saturated heterocycles. The van der Waals surface area contributed by atoms with Gasteiger partial charge < -0.3 is 14.9 Å². The summed E-state index contributed by atoms with van der Waals surface area (Å²) in [4.78, 5) is 15.7. The number of halogens is 2. The van der Waals surface area contributed by atoms with Crippen molar-refractivity contribution >= 4 is 17.7 Å². The van der Waals surface area contributed by atoms with Gasteiger partial charge in [0.2, 0.25) is 0 Å². The van der Waals surface area contributed by atoms with Crippen molar-refractivity contribution in [2.45, 2.75) is 29.9 Å². The molecule has 0 amide bonds. The van der Waals surface area contributed by atoms with E-state index in [9.17, 15) is 23.8 Å². The fraction of sp³-hybridized carbons (Fsp3) is 0.280. The topological polar surface area (TPSA) is 79.7 Å². The first-order valence-corrected chi connectivity index (χ1v) is 11.3. The van der Waals surface area contributed by atoms with Crippen LogP contribution in [0.1, 0.15) is 18.4 Å². The Labute approximate surface area is 195 Å². The van der Waals surface area contributed by atoms with Crippen molar-refractivity contribution < 1.29 is 28.5 Å². The number of ether oxygens (including phenoxy) is 1. The third-order valence-corrected chi connectivity index (χ3v) is 6.29. The van der Waals surface area contributed by atoms with E-state index in [0.717, 1.165) is 11.1 Å². The molecule has 3 aromatic rings. The van der Waals surface area contributed by atoms with Gasteiger partial charge in [-0.15, -0.1) is 11.8 Å². The minimum atomic E-state index is -3.35. The number of aromatic nitrogens is 1. The van der Waals surface area contributed by atoms with Crippen molar-refractivity contribution in [2.24, 2.45) is 5.92 Å². The third-order valence-electron chi connectivity index (χ3n) is 5.20. The smallest absolute Gasteiger partial charge is 0.306 e. The third kappa shape index (κ3) is 7.00. The summed E-state index contributed by atoms with van der Waals surface area (Å²) in [6.07, 6.45) is -0.606. The summed E-state index contributed by atoms with van der Waals surface area (Å²) in [5.74, 6) is -5.23. The molecule has 0 aliphatic carbocycles. The van der Waals surface area contributed by atoms with Crippen molar-refractivity contribution in [3.8, 4) is 16.9 Å². The summed E-state index contributed by atoms with van der Waals surface area (Å²) >= 11 is 1.25. The van der Waals surface area contributed by atoms with E-state index >= 15 is 0 Å². The number of aliphatic hydroxyl groups is 1. The van der Waals surface area contributed by atoms with E-state index < -0.39 is 30.3 Å². The molecule has 3 rings (SSSR count). The second kappa shape index (κ2) is 11.2. The van der Waals surface area contributed by atoms with Gasteiger partial charge in [-0.05, 0) is 41.8 Å². The van der Waals surface area contributed by atoms with Crippen molar-refractivity contribution in [3.63, 3.8) is 0 Å². The molecule has 2 unspecified atom stereocenters. The average molecular weight is 474 g/mol. The van der Waals surface area contributed by atoms with E-state index in [1.807, 2.05) is 12.1 Å². The number of benzene rings is 2. The zero-order valence-electron chi connectivity index (χ0n) is 18.0. The number of carboxylic acids is 1. The number of aliphatic hydroxyl groups excluding tert-OH is 1.